The second-order valence-corrected chi connectivity index (χ2v) is 9.18. The molecule has 6 atom stereocenters. The van der Waals surface area contributed by atoms with Crippen molar-refractivity contribution in [2.24, 2.45) is 0 Å². The maximum absolute atomic E-state index is 13.8. The summed E-state index contributed by atoms with van der Waals surface area (Å²) in [6.07, 6.45) is -6.46. The van der Waals surface area contributed by atoms with Crippen molar-refractivity contribution in [2.45, 2.75) is 62.9 Å². The molecule has 14 nitrogen and oxygen atoms in total. The van der Waals surface area contributed by atoms with Crippen LogP contribution in [0.3, 0.4) is 0 Å². The number of nitrogens with one attached hydrogen (secondary N) is 1. The van der Waals surface area contributed by atoms with Crippen LogP contribution in [0.1, 0.15) is 38.1 Å². The Labute approximate surface area is 220 Å². The molecule has 1 aliphatic rings. The van der Waals surface area contributed by atoms with Crippen LogP contribution in [0.25, 0.3) is 0 Å². The second kappa shape index (κ2) is 10.3. The lowest BCUT2D eigenvalue weighted by Crippen LogP contribution is -2.89. The molecule has 2 heterocycles. The molecule has 14 heteroatoms. The highest BCUT2D eigenvalue weighted by molar-refractivity contribution is 6.10. The minimum atomic E-state index is -3.79. The zero-order chi connectivity index (χ0) is 29.5. The Balaban J connectivity index is 2.48. The smallest absolute Gasteiger partial charge is 0.346 e. The van der Waals surface area contributed by atoms with Gasteiger partial charge < -0.3 is 25.2 Å². The van der Waals surface area contributed by atoms with Crippen molar-refractivity contribution in [3.8, 4) is 0 Å². The predicted molar refractivity (Wildman–Crippen MR) is 130 cm³/mol. The highest BCUT2D eigenvalue weighted by atomic mass is 16.6. The van der Waals surface area contributed by atoms with Crippen molar-refractivity contribution in [2.75, 3.05) is 4.90 Å². The molecule has 1 fully saturated rings. The minimum Gasteiger partial charge on any atom is -0.382 e. The van der Waals surface area contributed by atoms with Crippen molar-refractivity contribution in [1.82, 2.24) is 9.97 Å². The number of carbonyl (C=O) groups excluding carboxylic acids is 5. The summed E-state index contributed by atoms with van der Waals surface area (Å²) in [4.78, 5) is 83.2. The van der Waals surface area contributed by atoms with E-state index < -0.39 is 75.8 Å². The summed E-state index contributed by atoms with van der Waals surface area (Å²) in [5.74, 6) is -7.09. The first-order valence-electron chi connectivity index (χ1n) is 11.5. The van der Waals surface area contributed by atoms with Crippen LogP contribution in [-0.2, 0) is 23.9 Å². The van der Waals surface area contributed by atoms with Crippen LogP contribution in [0.5, 0.6) is 0 Å². The molecule has 5 N–H and O–H groups in total. The van der Waals surface area contributed by atoms with Gasteiger partial charge in [-0.3, -0.25) is 33.9 Å². The summed E-state index contributed by atoms with van der Waals surface area (Å²) in [5.41, 5.74) is -12.1. The van der Waals surface area contributed by atoms with E-state index in [1.54, 1.807) is 6.07 Å². The molecule has 3 rings (SSSR count). The molecule has 0 radical (unpaired) electrons. The number of H-pyrrole nitrogens is 1. The van der Waals surface area contributed by atoms with E-state index in [-0.39, 0.29) is 5.56 Å². The Morgan fingerprint density at radius 2 is 1.49 bits per heavy atom. The zero-order valence-corrected chi connectivity index (χ0v) is 21.3. The number of aromatic nitrogens is 2. The maximum atomic E-state index is 13.8. The summed E-state index contributed by atoms with van der Waals surface area (Å²) in [5, 5.41) is 45.9. The lowest BCUT2D eigenvalue weighted by molar-refractivity contribution is -0.325. The zero-order valence-electron chi connectivity index (χ0n) is 21.3. The fraction of sp³-hybridized carbons (Fsp3) is 0.400. The first kappa shape index (κ1) is 29.6. The van der Waals surface area contributed by atoms with Crippen LogP contribution in [0.2, 0.25) is 0 Å². The van der Waals surface area contributed by atoms with E-state index >= 15 is 0 Å². The van der Waals surface area contributed by atoms with Gasteiger partial charge in [-0.05, 0) is 45.9 Å². The summed E-state index contributed by atoms with van der Waals surface area (Å²) in [6, 6.07) is 8.18. The van der Waals surface area contributed by atoms with Crippen molar-refractivity contribution in [3.05, 3.63) is 58.6 Å². The van der Waals surface area contributed by atoms with Gasteiger partial charge in [0.15, 0.2) is 35.0 Å². The van der Waals surface area contributed by atoms with Crippen LogP contribution in [-0.4, -0.2) is 94.7 Å². The number of carbonyl (C=O) groups is 5. The highest BCUT2D eigenvalue weighted by Crippen LogP contribution is 2.49. The molecule has 1 saturated heterocycles. The number of hydrogen-bond donors (Lipinski definition) is 5. The standard InChI is InChI=1S/C25H27N3O11/c1-12(29)18(33)19-23(36,13(2)30)25(38,15(4)32)24(37,14(3)31)21(39-19)28(17-10-11-26-22(35)27-17)20(34)16-8-6-5-7-9-16/h5-11,18-19,21,33,36-38H,1-4H3,(H,26,27,35)/t18?,19-,21-,23-,24+,25+/m1/s1. The van der Waals surface area contributed by atoms with Crippen molar-refractivity contribution >= 4 is 34.9 Å². The van der Waals surface area contributed by atoms with E-state index in [9.17, 15) is 49.2 Å². The van der Waals surface area contributed by atoms with Crippen LogP contribution < -0.4 is 10.6 Å². The number of amides is 1. The summed E-state index contributed by atoms with van der Waals surface area (Å²) in [7, 11) is 0. The van der Waals surface area contributed by atoms with Gasteiger partial charge in [-0.25, -0.2) is 9.78 Å². The molecule has 1 aliphatic heterocycles. The van der Waals surface area contributed by atoms with Crippen LogP contribution >= 0.6 is 0 Å². The first-order chi connectivity index (χ1) is 18.1. The normalized spacial score (nSPS) is 29.2. The Bertz CT molecular complexity index is 1390. The summed E-state index contributed by atoms with van der Waals surface area (Å²) >= 11 is 0. The minimum absolute atomic E-state index is 0.105. The van der Waals surface area contributed by atoms with E-state index in [4.69, 9.17) is 4.74 Å². The molecule has 208 valence electrons. The fourth-order valence-corrected chi connectivity index (χ4v) is 4.76. The highest BCUT2D eigenvalue weighted by Gasteiger charge is 2.80. The van der Waals surface area contributed by atoms with Gasteiger partial charge in [0.05, 0.1) is 0 Å². The average molecular weight is 546 g/mol. The maximum Gasteiger partial charge on any atom is 0.346 e. The number of anilines is 1. The first-order valence-corrected chi connectivity index (χ1v) is 11.5. The monoisotopic (exact) mass is 545 g/mol. The van der Waals surface area contributed by atoms with Gasteiger partial charge in [0.2, 0.25) is 11.2 Å². The topological polar surface area (TPSA) is 224 Å². The molecular weight excluding hydrogens is 518 g/mol. The van der Waals surface area contributed by atoms with Gasteiger partial charge in [-0.15, -0.1) is 0 Å². The molecule has 0 saturated carbocycles. The molecule has 1 aromatic heterocycles. The molecule has 0 spiro atoms. The lowest BCUT2D eigenvalue weighted by Gasteiger charge is -2.59. The Morgan fingerprint density at radius 3 is 1.95 bits per heavy atom. The van der Waals surface area contributed by atoms with Crippen molar-refractivity contribution in [3.63, 3.8) is 0 Å². The number of hydrogen-bond acceptors (Lipinski definition) is 12. The van der Waals surface area contributed by atoms with Gasteiger partial charge in [0.1, 0.15) is 18.0 Å². The van der Waals surface area contributed by atoms with Gasteiger partial charge in [-0.2, -0.15) is 0 Å². The quantitative estimate of drug-likeness (QED) is 0.244. The van der Waals surface area contributed by atoms with E-state index in [2.05, 4.69) is 9.97 Å². The third-order valence-corrected chi connectivity index (χ3v) is 6.83. The SMILES string of the molecule is CC(=O)C(O)[C@H]1O[C@@H](N(C(=O)c2ccccc2)c2ccnc(=O)[nH]2)[C@@](O)(C(C)=O)[C@](O)(C(C)=O)[C@@]1(O)C(C)=O. The molecule has 0 aliphatic carbocycles. The van der Waals surface area contributed by atoms with Crippen LogP contribution in [0, 0.1) is 0 Å². The molecular formula is C25H27N3O11. The third-order valence-electron chi connectivity index (χ3n) is 6.83. The van der Waals surface area contributed by atoms with E-state index in [0.717, 1.165) is 19.2 Å². The van der Waals surface area contributed by atoms with E-state index in [0.29, 0.717) is 25.7 Å². The Kier molecular flexibility index (Phi) is 7.83. The van der Waals surface area contributed by atoms with Crippen LogP contribution in [0.4, 0.5) is 5.82 Å². The van der Waals surface area contributed by atoms with Gasteiger partial charge in [0, 0.05) is 11.8 Å². The van der Waals surface area contributed by atoms with Gasteiger partial charge >= 0.3 is 5.69 Å². The number of Topliss-reactive ketones (excluding diaryl/α,β-unsaturated/α-hetero) is 4. The van der Waals surface area contributed by atoms with E-state index in [1.165, 1.54) is 24.3 Å². The molecule has 39 heavy (non-hydrogen) atoms. The number of aromatic amines is 1. The number of rotatable bonds is 8. The molecule has 1 amide bonds. The largest absolute Gasteiger partial charge is 0.382 e. The number of ether oxygens (including phenoxy) is 1. The second-order valence-electron chi connectivity index (χ2n) is 9.18. The predicted octanol–water partition coefficient (Wildman–Crippen LogP) is -1.95. The fourth-order valence-electron chi connectivity index (χ4n) is 4.76. The molecule has 1 unspecified atom stereocenters. The van der Waals surface area contributed by atoms with E-state index in [1.807, 2.05) is 0 Å². The van der Waals surface area contributed by atoms with Crippen LogP contribution in [0.15, 0.2) is 47.4 Å². The number of benzene rings is 1. The molecule has 1 aromatic carbocycles. The summed E-state index contributed by atoms with van der Waals surface area (Å²) < 4.78 is 5.65. The summed E-state index contributed by atoms with van der Waals surface area (Å²) in [6.45, 7) is 2.84. The van der Waals surface area contributed by atoms with Gasteiger partial charge in [0.25, 0.3) is 5.91 Å². The number of ketones is 4. The Hall–Kier alpha value is -3.95. The molecule has 0 bridgehead atoms. The van der Waals surface area contributed by atoms with Gasteiger partial charge in [-0.1, -0.05) is 18.2 Å². The van der Waals surface area contributed by atoms with Crippen molar-refractivity contribution in [1.29, 1.82) is 0 Å². The molecule has 2 aromatic rings. The number of aliphatic hydroxyl groups excluding tert-OH is 1. The van der Waals surface area contributed by atoms with Crippen molar-refractivity contribution < 1.29 is 49.1 Å². The third kappa shape index (κ3) is 4.31. The number of nitrogens with zero attached hydrogens (tertiary/aromatic N) is 2. The lowest BCUT2D eigenvalue weighted by atomic mass is 9.59. The average Bonchev–Trinajstić information content (AvgIpc) is 2.88. The Morgan fingerprint density at radius 1 is 0.923 bits per heavy atom. The number of aliphatic hydroxyl groups is 4.